The summed E-state index contributed by atoms with van der Waals surface area (Å²) in [5.74, 6) is 0. The van der Waals surface area contributed by atoms with Gasteiger partial charge in [0.1, 0.15) is 0 Å². The van der Waals surface area contributed by atoms with Gasteiger partial charge >= 0.3 is 0 Å². The topological polar surface area (TPSA) is 26.0 Å². The number of rotatable bonds is 5. The molecule has 0 atom stereocenters. The van der Waals surface area contributed by atoms with Gasteiger partial charge in [-0.15, -0.1) is 0 Å². The third-order valence-electron chi connectivity index (χ3n) is 4.62. The summed E-state index contributed by atoms with van der Waals surface area (Å²) in [4.78, 5) is 0. The van der Waals surface area contributed by atoms with E-state index in [0.29, 0.717) is 5.41 Å². The highest BCUT2D eigenvalue weighted by molar-refractivity contribution is 5.35. The van der Waals surface area contributed by atoms with Crippen LogP contribution in [0, 0.1) is 12.3 Å². The van der Waals surface area contributed by atoms with Crippen molar-refractivity contribution < 1.29 is 0 Å². The van der Waals surface area contributed by atoms with Crippen LogP contribution in [0.5, 0.6) is 0 Å². The fourth-order valence-corrected chi connectivity index (χ4v) is 4.15. The Kier molecular flexibility index (Phi) is 3.82. The van der Waals surface area contributed by atoms with Crippen molar-refractivity contribution in [3.05, 3.63) is 35.4 Å². The van der Waals surface area contributed by atoms with E-state index in [0.717, 1.165) is 0 Å². The van der Waals surface area contributed by atoms with E-state index in [1.807, 2.05) is 0 Å². The fourth-order valence-electron chi connectivity index (χ4n) is 4.15. The Morgan fingerprint density at radius 3 is 2.11 bits per heavy atom. The van der Waals surface area contributed by atoms with Crippen molar-refractivity contribution in [2.45, 2.75) is 64.8 Å². The van der Waals surface area contributed by atoms with E-state index in [1.165, 1.54) is 49.7 Å². The highest BCUT2D eigenvalue weighted by Gasteiger charge is 2.52. The van der Waals surface area contributed by atoms with Crippen LogP contribution in [0.1, 0.15) is 63.5 Å². The first-order valence-electron chi connectivity index (χ1n) is 7.40. The molecule has 0 heterocycles. The van der Waals surface area contributed by atoms with Gasteiger partial charge < -0.3 is 5.73 Å². The van der Waals surface area contributed by atoms with Crippen LogP contribution in [0.2, 0.25) is 0 Å². The molecule has 100 valence electrons. The molecule has 0 bridgehead atoms. The second-order valence-corrected chi connectivity index (χ2v) is 6.32. The highest BCUT2D eigenvalue weighted by atomic mass is 14.8. The SMILES string of the molecule is CCCC1(CCC)CC(N)(c2ccccc2C)C1. The Morgan fingerprint density at radius 1 is 1.06 bits per heavy atom. The lowest BCUT2D eigenvalue weighted by Crippen LogP contribution is -2.55. The molecule has 0 aliphatic heterocycles. The largest absolute Gasteiger partial charge is 0.321 e. The summed E-state index contributed by atoms with van der Waals surface area (Å²) in [5.41, 5.74) is 9.85. The van der Waals surface area contributed by atoms with E-state index in [2.05, 4.69) is 45.0 Å². The van der Waals surface area contributed by atoms with Gasteiger partial charge in [-0.05, 0) is 49.1 Å². The summed E-state index contributed by atoms with van der Waals surface area (Å²) in [5, 5.41) is 0. The Bertz CT molecular complexity index is 394. The van der Waals surface area contributed by atoms with Crippen molar-refractivity contribution in [3.8, 4) is 0 Å². The second-order valence-electron chi connectivity index (χ2n) is 6.32. The molecule has 18 heavy (non-hydrogen) atoms. The molecule has 1 fully saturated rings. The van der Waals surface area contributed by atoms with E-state index in [-0.39, 0.29) is 5.54 Å². The van der Waals surface area contributed by atoms with Crippen molar-refractivity contribution in [3.63, 3.8) is 0 Å². The smallest absolute Gasteiger partial charge is 0.0422 e. The zero-order valence-corrected chi connectivity index (χ0v) is 12.1. The molecular weight excluding hydrogens is 218 g/mol. The van der Waals surface area contributed by atoms with Crippen molar-refractivity contribution in [2.24, 2.45) is 11.1 Å². The second kappa shape index (κ2) is 5.05. The molecule has 1 aliphatic carbocycles. The predicted molar refractivity (Wildman–Crippen MR) is 78.5 cm³/mol. The van der Waals surface area contributed by atoms with Gasteiger partial charge in [-0.2, -0.15) is 0 Å². The Labute approximate surface area is 112 Å². The van der Waals surface area contributed by atoms with E-state index in [9.17, 15) is 0 Å². The van der Waals surface area contributed by atoms with Gasteiger partial charge in [-0.25, -0.2) is 0 Å². The summed E-state index contributed by atoms with van der Waals surface area (Å²) >= 11 is 0. The van der Waals surface area contributed by atoms with E-state index in [4.69, 9.17) is 5.73 Å². The molecule has 0 unspecified atom stereocenters. The third-order valence-corrected chi connectivity index (χ3v) is 4.62. The number of hydrogen-bond acceptors (Lipinski definition) is 1. The van der Waals surface area contributed by atoms with E-state index in [1.54, 1.807) is 0 Å². The van der Waals surface area contributed by atoms with Crippen LogP contribution in [-0.2, 0) is 5.54 Å². The van der Waals surface area contributed by atoms with Crippen LogP contribution >= 0.6 is 0 Å². The molecule has 2 rings (SSSR count). The van der Waals surface area contributed by atoms with Crippen LogP contribution in [0.3, 0.4) is 0 Å². The molecule has 0 spiro atoms. The lowest BCUT2D eigenvalue weighted by atomic mass is 9.52. The zero-order chi connectivity index (χ0) is 13.2. The zero-order valence-electron chi connectivity index (χ0n) is 12.1. The molecule has 1 heteroatoms. The van der Waals surface area contributed by atoms with E-state index < -0.39 is 0 Å². The third kappa shape index (κ3) is 2.33. The van der Waals surface area contributed by atoms with Crippen LogP contribution < -0.4 is 5.73 Å². The molecule has 0 saturated heterocycles. The summed E-state index contributed by atoms with van der Waals surface area (Å²) in [6.07, 6.45) is 7.59. The molecular formula is C17H27N. The van der Waals surface area contributed by atoms with Crippen LogP contribution in [-0.4, -0.2) is 0 Å². The van der Waals surface area contributed by atoms with Crippen LogP contribution in [0.25, 0.3) is 0 Å². The number of nitrogens with two attached hydrogens (primary N) is 1. The normalized spacial score (nSPS) is 20.4. The average Bonchev–Trinajstić information content (AvgIpc) is 2.28. The minimum absolute atomic E-state index is 0.0598. The minimum atomic E-state index is -0.0598. The summed E-state index contributed by atoms with van der Waals surface area (Å²) in [6, 6.07) is 8.63. The lowest BCUT2D eigenvalue weighted by molar-refractivity contribution is 0.00589. The van der Waals surface area contributed by atoms with Crippen LogP contribution in [0.15, 0.2) is 24.3 Å². The maximum atomic E-state index is 6.66. The molecule has 1 aliphatic rings. The molecule has 0 radical (unpaired) electrons. The Balaban J connectivity index is 2.16. The van der Waals surface area contributed by atoms with Gasteiger partial charge in [0.25, 0.3) is 0 Å². The monoisotopic (exact) mass is 245 g/mol. The average molecular weight is 245 g/mol. The summed E-state index contributed by atoms with van der Waals surface area (Å²) in [7, 11) is 0. The van der Waals surface area contributed by atoms with Gasteiger partial charge in [0, 0.05) is 5.54 Å². The molecule has 0 aromatic heterocycles. The van der Waals surface area contributed by atoms with Crippen molar-refractivity contribution in [2.75, 3.05) is 0 Å². The van der Waals surface area contributed by atoms with Crippen molar-refractivity contribution in [1.82, 2.24) is 0 Å². The molecule has 2 N–H and O–H groups in total. The summed E-state index contributed by atoms with van der Waals surface area (Å²) in [6.45, 7) is 6.77. The Morgan fingerprint density at radius 2 is 1.61 bits per heavy atom. The first kappa shape index (κ1) is 13.6. The predicted octanol–water partition coefficient (Wildman–Crippen LogP) is 4.53. The molecule has 1 saturated carbocycles. The first-order valence-corrected chi connectivity index (χ1v) is 7.40. The van der Waals surface area contributed by atoms with Gasteiger partial charge in [-0.3, -0.25) is 0 Å². The molecule has 1 aromatic carbocycles. The maximum absolute atomic E-state index is 6.66. The molecule has 1 nitrogen and oxygen atoms in total. The maximum Gasteiger partial charge on any atom is 0.0422 e. The van der Waals surface area contributed by atoms with Gasteiger partial charge in [-0.1, -0.05) is 51.0 Å². The quantitative estimate of drug-likeness (QED) is 0.810. The van der Waals surface area contributed by atoms with E-state index >= 15 is 0 Å². The minimum Gasteiger partial charge on any atom is -0.321 e. The van der Waals surface area contributed by atoms with Crippen molar-refractivity contribution >= 4 is 0 Å². The Hall–Kier alpha value is -0.820. The van der Waals surface area contributed by atoms with Crippen LogP contribution in [0.4, 0.5) is 0 Å². The standard InChI is InChI=1S/C17H27N/c1-4-10-16(11-5-2)12-17(18,13-16)15-9-7-6-8-14(15)3/h6-9H,4-5,10-13,18H2,1-3H3. The number of benzene rings is 1. The number of hydrogen-bond donors (Lipinski definition) is 1. The number of aryl methyl sites for hydroxylation is 1. The van der Waals surface area contributed by atoms with Gasteiger partial charge in [0.15, 0.2) is 0 Å². The fraction of sp³-hybridized carbons (Fsp3) is 0.647. The van der Waals surface area contributed by atoms with Crippen molar-refractivity contribution in [1.29, 1.82) is 0 Å². The lowest BCUT2D eigenvalue weighted by Gasteiger charge is -2.56. The van der Waals surface area contributed by atoms with Gasteiger partial charge in [0.05, 0.1) is 0 Å². The van der Waals surface area contributed by atoms with Gasteiger partial charge in [0.2, 0.25) is 0 Å². The molecule has 1 aromatic rings. The first-order chi connectivity index (χ1) is 8.55. The molecule has 0 amide bonds. The highest BCUT2D eigenvalue weighted by Crippen LogP contribution is 2.57. The summed E-state index contributed by atoms with van der Waals surface area (Å²) < 4.78 is 0.